The Balaban J connectivity index is 5.14. The van der Waals surface area contributed by atoms with Crippen LogP contribution in [0.25, 0.3) is 0 Å². The average molecular weight is 587 g/mol. The van der Waals surface area contributed by atoms with Gasteiger partial charge in [0.25, 0.3) is 0 Å². The molecule has 0 aromatic rings. The fourth-order valence-corrected chi connectivity index (χ4v) is 4.60. The van der Waals surface area contributed by atoms with E-state index < -0.39 is 59.5 Å². The van der Waals surface area contributed by atoms with E-state index in [1.807, 2.05) is 13.8 Å². The van der Waals surface area contributed by atoms with Gasteiger partial charge in [-0.25, -0.2) is 0 Å². The van der Waals surface area contributed by atoms with Crippen LogP contribution in [0.1, 0.15) is 67.7 Å². The normalized spacial score (nSPS) is 14.8. The summed E-state index contributed by atoms with van der Waals surface area (Å²) in [6.07, 6.45) is 0.526. The summed E-state index contributed by atoms with van der Waals surface area (Å²) >= 11 is 0.978. The van der Waals surface area contributed by atoms with E-state index in [-0.39, 0.29) is 42.1 Å². The first-order chi connectivity index (χ1) is 18.5. The zero-order valence-corrected chi connectivity index (χ0v) is 25.3. The van der Waals surface area contributed by atoms with E-state index in [2.05, 4.69) is 21.3 Å². The first kappa shape index (κ1) is 36.8. The smallest absolute Gasteiger partial charge is 0.243 e. The molecule has 228 valence electrons. The second kappa shape index (κ2) is 18.2. The zero-order chi connectivity index (χ0) is 31.2. The molecule has 0 aliphatic carbocycles. The van der Waals surface area contributed by atoms with Gasteiger partial charge in [0.15, 0.2) is 5.78 Å². The van der Waals surface area contributed by atoms with E-state index in [0.29, 0.717) is 12.3 Å². The van der Waals surface area contributed by atoms with Gasteiger partial charge in [0.2, 0.25) is 35.4 Å². The molecule has 0 aromatic carbocycles. The van der Waals surface area contributed by atoms with Crippen molar-refractivity contribution in [3.05, 3.63) is 0 Å². The predicted molar refractivity (Wildman–Crippen MR) is 152 cm³/mol. The molecule has 0 saturated heterocycles. The van der Waals surface area contributed by atoms with Gasteiger partial charge in [-0.1, -0.05) is 41.5 Å². The summed E-state index contributed by atoms with van der Waals surface area (Å²) in [4.78, 5) is 85.3. The number of ketones is 1. The van der Waals surface area contributed by atoms with Gasteiger partial charge >= 0.3 is 0 Å². The Morgan fingerprint density at radius 3 is 1.77 bits per heavy atom. The third-order valence-electron chi connectivity index (χ3n) is 5.97. The van der Waals surface area contributed by atoms with E-state index >= 15 is 0 Å². The lowest BCUT2D eigenvalue weighted by Gasteiger charge is -2.27. The molecule has 5 atom stereocenters. The van der Waals surface area contributed by atoms with E-state index in [0.717, 1.165) is 11.8 Å². The minimum absolute atomic E-state index is 0.0577. The van der Waals surface area contributed by atoms with Crippen molar-refractivity contribution in [1.29, 1.82) is 0 Å². The van der Waals surface area contributed by atoms with Crippen molar-refractivity contribution in [2.75, 3.05) is 11.5 Å². The van der Waals surface area contributed by atoms with Crippen LogP contribution in [-0.2, 0) is 33.6 Å². The number of carbonyl (C=O) groups is 7. The van der Waals surface area contributed by atoms with Crippen molar-refractivity contribution >= 4 is 53.0 Å². The maximum Gasteiger partial charge on any atom is 0.243 e. The molecular formula is C26H46N6O7S. The number of primary amides is 2. The van der Waals surface area contributed by atoms with Crippen molar-refractivity contribution in [1.82, 2.24) is 21.3 Å². The summed E-state index contributed by atoms with van der Waals surface area (Å²) in [6, 6.07) is -4.07. The second-order valence-electron chi connectivity index (χ2n) is 10.6. The van der Waals surface area contributed by atoms with Crippen molar-refractivity contribution in [2.45, 2.75) is 91.9 Å². The summed E-state index contributed by atoms with van der Waals surface area (Å²) in [7, 11) is 0. The van der Waals surface area contributed by atoms with Crippen LogP contribution in [0, 0.1) is 17.8 Å². The van der Waals surface area contributed by atoms with Crippen LogP contribution in [0.4, 0.5) is 0 Å². The number of hydrogen-bond donors (Lipinski definition) is 6. The maximum atomic E-state index is 13.0. The summed E-state index contributed by atoms with van der Waals surface area (Å²) in [5.74, 6) is -4.48. The summed E-state index contributed by atoms with van der Waals surface area (Å²) in [5, 5.41) is 10.3. The minimum Gasteiger partial charge on any atom is -0.370 e. The van der Waals surface area contributed by atoms with Gasteiger partial charge in [0.1, 0.15) is 18.1 Å². The molecule has 0 spiro atoms. The molecule has 0 aliphatic rings. The Hall–Kier alpha value is -3.16. The molecule has 0 bridgehead atoms. The first-order valence-corrected chi connectivity index (χ1v) is 14.5. The highest BCUT2D eigenvalue weighted by Crippen LogP contribution is 2.13. The summed E-state index contributed by atoms with van der Waals surface area (Å²) in [5.41, 5.74) is 10.5. The monoisotopic (exact) mass is 586 g/mol. The molecule has 0 aromatic heterocycles. The average Bonchev–Trinajstić information content (AvgIpc) is 2.83. The molecule has 0 fully saturated rings. The number of amides is 6. The highest BCUT2D eigenvalue weighted by atomic mass is 32.2. The number of nitrogens with one attached hydrogen (secondary N) is 4. The van der Waals surface area contributed by atoms with Crippen LogP contribution in [0.5, 0.6) is 0 Å². The predicted octanol–water partition coefficient (Wildman–Crippen LogP) is -0.643. The van der Waals surface area contributed by atoms with Crippen LogP contribution in [-0.4, -0.2) is 76.9 Å². The van der Waals surface area contributed by atoms with Gasteiger partial charge in [0, 0.05) is 11.7 Å². The number of carbonyl (C=O) groups excluding carboxylic acids is 7. The van der Waals surface area contributed by atoms with Crippen molar-refractivity contribution in [2.24, 2.45) is 29.2 Å². The van der Waals surface area contributed by atoms with Gasteiger partial charge in [-0.2, -0.15) is 0 Å². The van der Waals surface area contributed by atoms with Crippen LogP contribution < -0.4 is 32.7 Å². The molecule has 14 heteroatoms. The molecular weight excluding hydrogens is 540 g/mol. The molecule has 0 radical (unpaired) electrons. The molecule has 0 aliphatic heterocycles. The Labute approximate surface area is 240 Å². The van der Waals surface area contributed by atoms with Gasteiger partial charge in [-0.15, -0.1) is 11.8 Å². The molecule has 0 unspecified atom stereocenters. The minimum atomic E-state index is -1.15. The molecule has 13 nitrogen and oxygen atoms in total. The number of thioether (sulfide) groups is 1. The standard InChI is InChI=1S/C26H46N6O7S/c1-8-17(30-26(39)22(14(4)5)32-24(37)15(6)9-13(2)3)25(38)31-19(23(28)36)11-40-12-21(35)29-18(16(7)33)10-20(27)34/h13-15,17-19,22H,8-12H2,1-7H3,(H2,27,34)(H2,28,36)(H,29,35)(H,30,39)(H,31,38)(H,32,37)/t15-,17-,18-,19-,22-/m0/s1. The third-order valence-corrected chi connectivity index (χ3v) is 7.00. The lowest BCUT2D eigenvalue weighted by Crippen LogP contribution is -2.58. The quantitative estimate of drug-likeness (QED) is 0.114. The number of Topliss-reactive ketones (excluding diaryl/α,β-unsaturated/α-hetero) is 1. The molecule has 40 heavy (non-hydrogen) atoms. The molecule has 0 saturated carbocycles. The Morgan fingerprint density at radius 2 is 1.32 bits per heavy atom. The van der Waals surface area contributed by atoms with Crippen molar-refractivity contribution in [3.8, 4) is 0 Å². The van der Waals surface area contributed by atoms with Crippen LogP contribution in [0.3, 0.4) is 0 Å². The van der Waals surface area contributed by atoms with E-state index in [9.17, 15) is 33.6 Å². The number of rotatable bonds is 19. The Morgan fingerprint density at radius 1 is 0.750 bits per heavy atom. The molecule has 6 amide bonds. The molecule has 0 rings (SSSR count). The lowest BCUT2D eigenvalue weighted by molar-refractivity contribution is -0.134. The third kappa shape index (κ3) is 14.3. The first-order valence-electron chi connectivity index (χ1n) is 13.4. The zero-order valence-electron chi connectivity index (χ0n) is 24.5. The topological polar surface area (TPSA) is 220 Å². The van der Waals surface area contributed by atoms with Crippen molar-refractivity contribution < 1.29 is 33.6 Å². The van der Waals surface area contributed by atoms with Gasteiger partial charge < -0.3 is 32.7 Å². The number of nitrogens with two attached hydrogens (primary N) is 2. The Bertz CT molecular complexity index is 927. The van der Waals surface area contributed by atoms with Crippen LogP contribution in [0.15, 0.2) is 0 Å². The fourth-order valence-electron chi connectivity index (χ4n) is 3.73. The Kier molecular flexibility index (Phi) is 16.8. The molecule has 8 N–H and O–H groups in total. The van der Waals surface area contributed by atoms with Gasteiger partial charge in [-0.3, -0.25) is 33.6 Å². The fraction of sp³-hybridized carbons (Fsp3) is 0.731. The van der Waals surface area contributed by atoms with Crippen molar-refractivity contribution in [3.63, 3.8) is 0 Å². The van der Waals surface area contributed by atoms with E-state index in [1.54, 1.807) is 27.7 Å². The largest absolute Gasteiger partial charge is 0.370 e. The van der Waals surface area contributed by atoms with E-state index in [4.69, 9.17) is 11.5 Å². The SMILES string of the molecule is CC[C@H](NC(=O)[C@@H](NC(=O)[C@@H](C)CC(C)C)C(C)C)C(=O)N[C@@H](CSCC(=O)N[C@@H](CC(N)=O)C(C)=O)C(N)=O. The van der Waals surface area contributed by atoms with E-state index in [1.165, 1.54) is 6.92 Å². The molecule has 0 heterocycles. The van der Waals surface area contributed by atoms with Crippen LogP contribution in [0.2, 0.25) is 0 Å². The lowest BCUT2D eigenvalue weighted by atomic mass is 9.96. The number of hydrogen-bond acceptors (Lipinski definition) is 8. The maximum absolute atomic E-state index is 13.0. The van der Waals surface area contributed by atoms with Gasteiger partial charge in [-0.05, 0) is 31.6 Å². The highest BCUT2D eigenvalue weighted by Gasteiger charge is 2.31. The van der Waals surface area contributed by atoms with Gasteiger partial charge in [0.05, 0.1) is 18.2 Å². The summed E-state index contributed by atoms with van der Waals surface area (Å²) in [6.45, 7) is 12.3. The van der Waals surface area contributed by atoms with Crippen LogP contribution >= 0.6 is 11.8 Å². The highest BCUT2D eigenvalue weighted by molar-refractivity contribution is 8.00. The summed E-state index contributed by atoms with van der Waals surface area (Å²) < 4.78 is 0. The second-order valence-corrected chi connectivity index (χ2v) is 11.6.